The Morgan fingerprint density at radius 2 is 1.94 bits per heavy atom. The molecule has 1 aromatic heterocycles. The Morgan fingerprint density at radius 3 is 2.71 bits per heavy atom. The summed E-state index contributed by atoms with van der Waals surface area (Å²) < 4.78 is 0. The highest BCUT2D eigenvalue weighted by Gasteiger charge is 2.74. The molecule has 2 spiro atoms. The van der Waals surface area contributed by atoms with E-state index in [0.717, 1.165) is 62.7 Å². The number of likely N-dealkylation sites (N-methyl/N-ethyl adjacent to an activating group) is 1. The summed E-state index contributed by atoms with van der Waals surface area (Å²) in [4.78, 5) is 34.0. The van der Waals surface area contributed by atoms with Crippen LogP contribution in [0.1, 0.15) is 71.3 Å². The molecule has 6 heteroatoms. The molecular formula is C28H33N3O3. The first-order valence-corrected chi connectivity index (χ1v) is 12.9. The third-order valence-corrected chi connectivity index (χ3v) is 10.2. The topological polar surface area (TPSA) is 76.6 Å². The van der Waals surface area contributed by atoms with Crippen LogP contribution in [0.4, 0.5) is 0 Å². The number of phenolic OH excluding ortho intramolecular Hbond substituents is 1. The average molecular weight is 460 g/mol. The number of nitrogens with one attached hydrogen (secondary N) is 1. The summed E-state index contributed by atoms with van der Waals surface area (Å²) in [5.74, 6) is 0.612. The minimum atomic E-state index is -0.261. The highest BCUT2D eigenvalue weighted by atomic mass is 16.3. The smallest absolute Gasteiger partial charge is 0.261 e. The Labute approximate surface area is 200 Å². The van der Waals surface area contributed by atoms with Gasteiger partial charge >= 0.3 is 0 Å². The van der Waals surface area contributed by atoms with E-state index < -0.39 is 0 Å². The number of hydrogen-bond donors (Lipinski definition) is 2. The van der Waals surface area contributed by atoms with Crippen LogP contribution in [0.5, 0.6) is 5.75 Å². The number of phenols is 1. The van der Waals surface area contributed by atoms with Gasteiger partial charge in [0.05, 0.1) is 0 Å². The summed E-state index contributed by atoms with van der Waals surface area (Å²) in [5, 5.41) is 10.3. The van der Waals surface area contributed by atoms with Gasteiger partial charge in [0.1, 0.15) is 11.3 Å². The van der Waals surface area contributed by atoms with Crippen LogP contribution >= 0.6 is 0 Å². The Kier molecular flexibility index (Phi) is 4.12. The fourth-order valence-corrected chi connectivity index (χ4v) is 8.89. The van der Waals surface area contributed by atoms with Crippen molar-refractivity contribution in [2.24, 2.45) is 5.92 Å². The largest absolute Gasteiger partial charge is 0.508 e. The van der Waals surface area contributed by atoms with Crippen LogP contribution in [0.25, 0.3) is 0 Å². The van der Waals surface area contributed by atoms with Gasteiger partial charge in [0.2, 0.25) is 0 Å². The number of aromatic hydroxyl groups is 1. The van der Waals surface area contributed by atoms with E-state index in [1.54, 1.807) is 0 Å². The Hall–Kier alpha value is -2.60. The fourth-order valence-electron chi connectivity index (χ4n) is 8.89. The van der Waals surface area contributed by atoms with E-state index >= 15 is 0 Å². The first kappa shape index (κ1) is 20.7. The number of carbonyl (C=O) groups excluding carboxylic acids is 1. The molecular weight excluding hydrogens is 426 g/mol. The van der Waals surface area contributed by atoms with Gasteiger partial charge in [-0.3, -0.25) is 9.59 Å². The fraction of sp³-hybridized carbons (Fsp3) is 0.571. The Balaban J connectivity index is 1.28. The molecule has 2 heterocycles. The predicted octanol–water partition coefficient (Wildman–Crippen LogP) is 3.11. The Morgan fingerprint density at radius 1 is 1.15 bits per heavy atom. The van der Waals surface area contributed by atoms with Gasteiger partial charge in [-0.15, -0.1) is 0 Å². The van der Waals surface area contributed by atoms with Gasteiger partial charge in [-0.1, -0.05) is 25.3 Å². The zero-order valence-corrected chi connectivity index (χ0v) is 20.1. The number of benzene rings is 1. The van der Waals surface area contributed by atoms with Crippen LogP contribution in [0, 0.1) is 5.92 Å². The highest BCUT2D eigenvalue weighted by molar-refractivity contribution is 5.94. The van der Waals surface area contributed by atoms with Crippen LogP contribution < -0.4 is 5.56 Å². The first-order chi connectivity index (χ1) is 16.3. The number of carbonyl (C=O) groups is 1. The van der Waals surface area contributed by atoms with Gasteiger partial charge in [-0.2, -0.15) is 0 Å². The van der Waals surface area contributed by atoms with Gasteiger partial charge in [0.15, 0.2) is 0 Å². The maximum atomic E-state index is 13.4. The average Bonchev–Trinajstić information content (AvgIpc) is 3.23. The van der Waals surface area contributed by atoms with Crippen molar-refractivity contribution in [1.29, 1.82) is 0 Å². The van der Waals surface area contributed by atoms with Crippen molar-refractivity contribution >= 4 is 5.91 Å². The second kappa shape index (κ2) is 6.75. The maximum absolute atomic E-state index is 13.4. The molecule has 2 N–H and O–H groups in total. The van der Waals surface area contributed by atoms with E-state index in [0.29, 0.717) is 23.3 Å². The van der Waals surface area contributed by atoms with E-state index in [4.69, 9.17) is 0 Å². The van der Waals surface area contributed by atoms with E-state index in [1.165, 1.54) is 17.5 Å². The van der Waals surface area contributed by atoms with Gasteiger partial charge < -0.3 is 19.9 Å². The Bertz CT molecular complexity index is 1280. The number of aromatic nitrogens is 1. The lowest BCUT2D eigenvalue weighted by molar-refractivity contribution is -0.00145. The molecule has 4 atom stereocenters. The van der Waals surface area contributed by atoms with Crippen molar-refractivity contribution in [3.63, 3.8) is 0 Å². The second-order valence-electron chi connectivity index (χ2n) is 11.8. The normalized spacial score (nSPS) is 33.5. The number of nitrogens with zero attached hydrogens (tertiary/aromatic N) is 2. The molecule has 3 fully saturated rings. The third kappa shape index (κ3) is 2.45. The maximum Gasteiger partial charge on any atom is 0.261 e. The molecule has 7 rings (SSSR count). The van der Waals surface area contributed by atoms with Crippen LogP contribution in [-0.4, -0.2) is 58.5 Å². The number of amides is 1. The first-order valence-electron chi connectivity index (χ1n) is 12.9. The van der Waals surface area contributed by atoms with E-state index in [9.17, 15) is 14.7 Å². The van der Waals surface area contributed by atoms with Crippen LogP contribution in [0.3, 0.4) is 0 Å². The molecule has 34 heavy (non-hydrogen) atoms. The summed E-state index contributed by atoms with van der Waals surface area (Å²) in [5.41, 5.74) is 4.92. The summed E-state index contributed by atoms with van der Waals surface area (Å²) in [7, 11) is 4.08. The molecule has 1 aromatic carbocycles. The lowest BCUT2D eigenvalue weighted by Crippen LogP contribution is -2.66. The molecule has 178 valence electrons. The number of likely N-dealkylation sites (tertiary alicyclic amines) is 1. The molecule has 2 saturated carbocycles. The molecule has 1 saturated heterocycles. The predicted molar refractivity (Wildman–Crippen MR) is 129 cm³/mol. The van der Waals surface area contributed by atoms with Gasteiger partial charge in [0.25, 0.3) is 11.5 Å². The van der Waals surface area contributed by atoms with Crippen molar-refractivity contribution in [3.05, 3.63) is 62.6 Å². The summed E-state index contributed by atoms with van der Waals surface area (Å²) in [6, 6.07) is 8.56. The molecule has 6 nitrogen and oxygen atoms in total. The number of aromatic amines is 1. The van der Waals surface area contributed by atoms with Crippen LogP contribution in [0.2, 0.25) is 0 Å². The molecule has 5 aliphatic rings. The van der Waals surface area contributed by atoms with Crippen molar-refractivity contribution in [1.82, 2.24) is 14.8 Å². The lowest BCUT2D eigenvalue weighted by atomic mass is 9.58. The zero-order chi connectivity index (χ0) is 23.4. The quantitative estimate of drug-likeness (QED) is 0.724. The van der Waals surface area contributed by atoms with E-state index in [-0.39, 0.29) is 28.3 Å². The number of fused-ring (bicyclic) bond motifs is 3. The third-order valence-electron chi connectivity index (χ3n) is 10.2. The minimum Gasteiger partial charge on any atom is -0.508 e. The molecule has 1 unspecified atom stereocenters. The molecule has 4 aliphatic carbocycles. The molecule has 1 amide bonds. The highest BCUT2D eigenvalue weighted by Crippen LogP contribution is 2.71. The summed E-state index contributed by atoms with van der Waals surface area (Å²) >= 11 is 0. The number of hydrogen-bond acceptors (Lipinski definition) is 4. The number of rotatable bonds is 2. The molecule has 1 aliphatic heterocycles. The van der Waals surface area contributed by atoms with Crippen molar-refractivity contribution in [3.8, 4) is 5.75 Å². The monoisotopic (exact) mass is 459 g/mol. The van der Waals surface area contributed by atoms with Crippen molar-refractivity contribution < 1.29 is 9.90 Å². The van der Waals surface area contributed by atoms with E-state index in [2.05, 4.69) is 23.0 Å². The SMILES string of the molecule is CN(C(=O)c1cc2c([nH]c1=O)C[C@@]13CC4(CN(C)[C@H]4[C@@H]1C2)c1ccc(O)cc13)C1CCCCC1. The van der Waals surface area contributed by atoms with Crippen molar-refractivity contribution in [2.75, 3.05) is 20.6 Å². The van der Waals surface area contributed by atoms with Gasteiger partial charge in [0, 0.05) is 42.2 Å². The molecule has 2 bridgehead atoms. The number of pyridine rings is 1. The van der Waals surface area contributed by atoms with Crippen LogP contribution in [-0.2, 0) is 23.7 Å². The second-order valence-corrected chi connectivity index (χ2v) is 11.8. The zero-order valence-electron chi connectivity index (χ0n) is 20.1. The standard InChI is InChI=1S/C28H33N3O3/c1-30-15-28-14-27(21-12-18(32)8-9-20(21)28)13-23-16(11-22(27)24(28)30)10-19(25(33)29-23)26(34)31(2)17-6-4-3-5-7-17/h8-10,12,17,22,24,32H,3-7,11,13-15H2,1-2H3,(H,29,33)/t22-,24-,27-,28?/m0/s1. The lowest BCUT2D eigenvalue weighted by Gasteiger charge is -2.58. The van der Waals surface area contributed by atoms with Crippen molar-refractivity contribution in [2.45, 2.75) is 74.3 Å². The number of H-pyrrole nitrogens is 1. The molecule has 2 aromatic rings. The summed E-state index contributed by atoms with van der Waals surface area (Å²) in [6.07, 6.45) is 8.32. The minimum absolute atomic E-state index is 0.0517. The van der Waals surface area contributed by atoms with Gasteiger partial charge in [-0.05, 0) is 80.0 Å². The van der Waals surface area contributed by atoms with Gasteiger partial charge in [-0.25, -0.2) is 0 Å². The van der Waals surface area contributed by atoms with E-state index in [1.807, 2.05) is 30.1 Å². The summed E-state index contributed by atoms with van der Waals surface area (Å²) in [6.45, 7) is 1.05. The molecule has 0 radical (unpaired) electrons. The van der Waals surface area contributed by atoms with Crippen LogP contribution in [0.15, 0.2) is 29.1 Å².